The fourth-order valence-corrected chi connectivity index (χ4v) is 5.82. The quantitative estimate of drug-likeness (QED) is 0.451. The Morgan fingerprint density at radius 1 is 1.18 bits per heavy atom. The van der Waals surface area contributed by atoms with Gasteiger partial charge >= 0.3 is 0 Å². The number of aliphatic hydroxyl groups excluding tert-OH is 1. The van der Waals surface area contributed by atoms with Crippen molar-refractivity contribution < 1.29 is 38.3 Å². The zero-order valence-electron chi connectivity index (χ0n) is 20.1. The minimum atomic E-state index is -1.45. The number of methoxy groups -OCH3 is 2. The van der Waals surface area contributed by atoms with E-state index in [-0.39, 0.29) is 19.0 Å². The second-order valence-corrected chi connectivity index (χ2v) is 10.1. The number of halogens is 1. The molecule has 9 heteroatoms. The molecule has 0 aliphatic carbocycles. The standard InChI is InChI=1S/C25H31BrO8/c1-13-9-17(27)23(30-12-28-4)25(31-13)20-16(10-14(11-26)32-25)21(29-5)15-7-6-8-18-19(15)22(20)34-24(2,3)33-18/h6-8,13-14,17,23,27H,9-12H2,1-5H3/t13-,14-,17-,23-,25-/m0/s1. The molecule has 8 nitrogen and oxygen atoms in total. The lowest BCUT2D eigenvalue weighted by Gasteiger charge is -2.52. The summed E-state index contributed by atoms with van der Waals surface area (Å²) in [6, 6.07) is 5.86. The van der Waals surface area contributed by atoms with Crippen LogP contribution in [0.2, 0.25) is 0 Å². The Morgan fingerprint density at radius 2 is 1.97 bits per heavy atom. The van der Waals surface area contributed by atoms with Crippen LogP contribution in [0.4, 0.5) is 0 Å². The van der Waals surface area contributed by atoms with Crippen molar-refractivity contribution in [2.45, 2.75) is 69.6 Å². The number of benzene rings is 2. The number of aliphatic hydroxyl groups is 1. The minimum Gasteiger partial charge on any atom is -0.496 e. The zero-order chi connectivity index (χ0) is 24.3. The van der Waals surface area contributed by atoms with E-state index < -0.39 is 23.8 Å². The normalized spacial score (nSPS) is 31.6. The summed E-state index contributed by atoms with van der Waals surface area (Å²) in [5, 5.41) is 13.4. The minimum absolute atomic E-state index is 0.0281. The van der Waals surface area contributed by atoms with Crippen LogP contribution in [0.25, 0.3) is 10.8 Å². The van der Waals surface area contributed by atoms with Gasteiger partial charge in [-0.15, -0.1) is 0 Å². The first-order valence-electron chi connectivity index (χ1n) is 11.5. The van der Waals surface area contributed by atoms with E-state index in [0.29, 0.717) is 41.0 Å². The van der Waals surface area contributed by atoms with Gasteiger partial charge in [0, 0.05) is 50.1 Å². The van der Waals surface area contributed by atoms with Crippen LogP contribution in [0.3, 0.4) is 0 Å². The summed E-state index contributed by atoms with van der Waals surface area (Å²) in [5.41, 5.74) is 1.58. The van der Waals surface area contributed by atoms with Crippen LogP contribution in [0.1, 0.15) is 38.3 Å². The Kier molecular flexibility index (Phi) is 6.23. The molecule has 2 aromatic rings. The monoisotopic (exact) mass is 538 g/mol. The third-order valence-corrected chi connectivity index (χ3v) is 7.26. The molecule has 34 heavy (non-hydrogen) atoms. The highest BCUT2D eigenvalue weighted by atomic mass is 79.9. The maximum Gasteiger partial charge on any atom is 0.245 e. The van der Waals surface area contributed by atoms with Crippen molar-refractivity contribution in [3.05, 3.63) is 29.3 Å². The summed E-state index contributed by atoms with van der Waals surface area (Å²) in [6.45, 7) is 5.61. The molecule has 0 bridgehead atoms. The molecule has 0 unspecified atom stereocenters. The molecule has 1 fully saturated rings. The SMILES string of the molecule is COCO[C@H]1[C@@H](O)C[C@H](C)O[C@@]12O[C@H](CBr)Cc1c2c2c3c(cccc3c1OC)OC(C)(C)O2. The van der Waals surface area contributed by atoms with Crippen molar-refractivity contribution in [2.24, 2.45) is 0 Å². The second-order valence-electron chi connectivity index (χ2n) is 9.49. The Labute approximate surface area is 207 Å². The Bertz CT molecular complexity index is 1090. The second kappa shape index (κ2) is 8.80. The van der Waals surface area contributed by atoms with Crippen molar-refractivity contribution >= 4 is 26.7 Å². The van der Waals surface area contributed by atoms with Gasteiger partial charge in [0.1, 0.15) is 30.1 Å². The van der Waals surface area contributed by atoms with Crippen molar-refractivity contribution in [2.75, 3.05) is 26.3 Å². The average molecular weight is 539 g/mol. The molecule has 5 atom stereocenters. The number of rotatable bonds is 5. The van der Waals surface area contributed by atoms with E-state index in [1.54, 1.807) is 7.11 Å². The van der Waals surface area contributed by atoms with Gasteiger partial charge in [0.05, 0.1) is 36.4 Å². The lowest BCUT2D eigenvalue weighted by atomic mass is 9.80. The summed E-state index contributed by atoms with van der Waals surface area (Å²) >= 11 is 3.59. The van der Waals surface area contributed by atoms with Crippen LogP contribution in [-0.4, -0.2) is 61.7 Å². The molecule has 2 aromatic carbocycles. The molecule has 3 aliphatic heterocycles. The van der Waals surface area contributed by atoms with E-state index in [9.17, 15) is 5.11 Å². The van der Waals surface area contributed by atoms with Gasteiger partial charge in [-0.3, -0.25) is 0 Å². The van der Waals surface area contributed by atoms with E-state index in [0.717, 1.165) is 16.3 Å². The molecule has 1 N–H and O–H groups in total. The lowest BCUT2D eigenvalue weighted by Crippen LogP contribution is -2.61. The fourth-order valence-electron chi connectivity index (χ4n) is 5.46. The zero-order valence-corrected chi connectivity index (χ0v) is 21.6. The maximum absolute atomic E-state index is 11.2. The van der Waals surface area contributed by atoms with Crippen LogP contribution in [0.5, 0.6) is 17.2 Å². The highest BCUT2D eigenvalue weighted by molar-refractivity contribution is 9.09. The fraction of sp³-hybridized carbons (Fsp3) is 0.600. The van der Waals surface area contributed by atoms with Gasteiger partial charge < -0.3 is 38.3 Å². The highest BCUT2D eigenvalue weighted by Gasteiger charge is 2.59. The van der Waals surface area contributed by atoms with Gasteiger partial charge in [-0.05, 0) is 13.0 Å². The third-order valence-electron chi connectivity index (χ3n) is 6.54. The van der Waals surface area contributed by atoms with Crippen molar-refractivity contribution in [1.29, 1.82) is 0 Å². The van der Waals surface area contributed by atoms with E-state index in [2.05, 4.69) is 15.9 Å². The molecule has 3 heterocycles. The topological polar surface area (TPSA) is 84.8 Å². The van der Waals surface area contributed by atoms with Gasteiger partial charge in [0.15, 0.2) is 0 Å². The smallest absolute Gasteiger partial charge is 0.245 e. The molecule has 0 saturated carbocycles. The predicted molar refractivity (Wildman–Crippen MR) is 128 cm³/mol. The van der Waals surface area contributed by atoms with E-state index in [1.807, 2.05) is 39.0 Å². The van der Waals surface area contributed by atoms with Crippen LogP contribution >= 0.6 is 15.9 Å². The van der Waals surface area contributed by atoms with Crippen LogP contribution in [0, 0.1) is 0 Å². The van der Waals surface area contributed by atoms with E-state index in [1.165, 1.54) is 7.11 Å². The average Bonchev–Trinajstić information content (AvgIpc) is 2.77. The predicted octanol–water partition coefficient (Wildman–Crippen LogP) is 4.00. The number of alkyl halides is 1. The third kappa shape index (κ3) is 3.68. The molecular weight excluding hydrogens is 508 g/mol. The summed E-state index contributed by atoms with van der Waals surface area (Å²) in [4.78, 5) is 0. The summed E-state index contributed by atoms with van der Waals surface area (Å²) < 4.78 is 43.2. The summed E-state index contributed by atoms with van der Waals surface area (Å²) in [7, 11) is 3.19. The Morgan fingerprint density at radius 3 is 2.68 bits per heavy atom. The van der Waals surface area contributed by atoms with Gasteiger partial charge in [-0.25, -0.2) is 0 Å². The first-order valence-corrected chi connectivity index (χ1v) is 12.6. The largest absolute Gasteiger partial charge is 0.496 e. The number of ether oxygens (including phenoxy) is 7. The lowest BCUT2D eigenvalue weighted by molar-refractivity contribution is -0.377. The summed E-state index contributed by atoms with van der Waals surface area (Å²) in [6.07, 6.45) is -1.30. The van der Waals surface area contributed by atoms with Crippen LogP contribution in [-0.2, 0) is 31.2 Å². The van der Waals surface area contributed by atoms with Crippen LogP contribution in [0.15, 0.2) is 18.2 Å². The van der Waals surface area contributed by atoms with Crippen molar-refractivity contribution in [1.82, 2.24) is 0 Å². The molecule has 3 aliphatic rings. The van der Waals surface area contributed by atoms with Crippen molar-refractivity contribution in [3.63, 3.8) is 0 Å². The molecule has 1 spiro atoms. The highest BCUT2D eigenvalue weighted by Crippen LogP contribution is 2.58. The number of hydrogen-bond acceptors (Lipinski definition) is 8. The summed E-state index contributed by atoms with van der Waals surface area (Å²) in [5.74, 6) is -0.394. The first-order chi connectivity index (χ1) is 16.2. The van der Waals surface area contributed by atoms with Crippen LogP contribution < -0.4 is 14.2 Å². The first kappa shape index (κ1) is 24.1. The van der Waals surface area contributed by atoms with Crippen molar-refractivity contribution in [3.8, 4) is 17.2 Å². The van der Waals surface area contributed by atoms with Gasteiger partial charge in [0.25, 0.3) is 0 Å². The number of fused-ring (bicyclic) bond motifs is 3. The Hall–Kier alpha value is -1.62. The molecular formula is C25H31BrO8. The van der Waals surface area contributed by atoms with E-state index in [4.69, 9.17) is 33.2 Å². The molecule has 0 aromatic heterocycles. The van der Waals surface area contributed by atoms with Gasteiger partial charge in [-0.1, -0.05) is 28.1 Å². The molecule has 5 rings (SSSR count). The van der Waals surface area contributed by atoms with Gasteiger partial charge in [0.2, 0.25) is 11.6 Å². The number of hydrogen-bond donors (Lipinski definition) is 1. The van der Waals surface area contributed by atoms with E-state index >= 15 is 0 Å². The molecule has 0 amide bonds. The molecule has 0 radical (unpaired) electrons. The molecule has 1 saturated heterocycles. The Balaban J connectivity index is 1.87. The van der Waals surface area contributed by atoms with Gasteiger partial charge in [-0.2, -0.15) is 0 Å². The maximum atomic E-state index is 11.2. The molecule has 186 valence electrons.